The summed E-state index contributed by atoms with van der Waals surface area (Å²) in [6.07, 6.45) is 4.00. The van der Waals surface area contributed by atoms with Crippen LogP contribution < -0.4 is 10.7 Å². The average Bonchev–Trinajstić information content (AvgIpc) is 3.62. The number of nitrogens with zero attached hydrogens (tertiary/aromatic N) is 2. The molecule has 2 aliphatic heterocycles. The number of hydrogen-bond donors (Lipinski definition) is 1. The van der Waals surface area contributed by atoms with Crippen LogP contribution in [0.4, 0.5) is 0 Å². The standard InChI is InChI=1S/C30H27N3O2/c1-19-13-23-24(14-20(19)2)26(16-30-33-28(18-35-30)22-11-7-4-8-12-22)31-25(23)15-29-32-27(17-34-29)21-9-5-3-6-10-21/h3-16,27-28,31H,17-18H2,1-2H3/b25-15-,26-16+/t27-,28-/m1/s1. The third-order valence-electron chi connectivity index (χ3n) is 6.73. The van der Waals surface area contributed by atoms with Crippen LogP contribution in [0.2, 0.25) is 0 Å². The number of H-pyrrole nitrogens is 1. The Morgan fingerprint density at radius 2 is 1.11 bits per heavy atom. The number of hydrogen-bond acceptors (Lipinski definition) is 4. The van der Waals surface area contributed by atoms with Gasteiger partial charge in [-0.15, -0.1) is 0 Å². The summed E-state index contributed by atoms with van der Waals surface area (Å²) in [7, 11) is 0. The van der Waals surface area contributed by atoms with E-state index in [9.17, 15) is 0 Å². The summed E-state index contributed by atoms with van der Waals surface area (Å²) in [6, 6.07) is 25.0. The van der Waals surface area contributed by atoms with Gasteiger partial charge in [-0.2, -0.15) is 0 Å². The van der Waals surface area contributed by atoms with Crippen LogP contribution in [0.3, 0.4) is 0 Å². The van der Waals surface area contributed by atoms with Crippen molar-refractivity contribution in [3.63, 3.8) is 0 Å². The molecule has 0 saturated heterocycles. The zero-order valence-corrected chi connectivity index (χ0v) is 19.9. The topological polar surface area (TPSA) is 59.0 Å². The second-order valence-electron chi connectivity index (χ2n) is 9.13. The maximum atomic E-state index is 5.95. The molecule has 0 amide bonds. The molecular formula is C30H27N3O2. The van der Waals surface area contributed by atoms with E-state index in [4.69, 9.17) is 19.5 Å². The Bertz CT molecular complexity index is 1450. The predicted molar refractivity (Wildman–Crippen MR) is 141 cm³/mol. The first kappa shape index (κ1) is 21.4. The van der Waals surface area contributed by atoms with Crippen molar-refractivity contribution in [1.82, 2.24) is 4.98 Å². The number of aromatic amines is 1. The van der Waals surface area contributed by atoms with Crippen molar-refractivity contribution in [3.05, 3.63) is 106 Å². The average molecular weight is 462 g/mol. The summed E-state index contributed by atoms with van der Waals surface area (Å²) in [5.74, 6) is 1.29. The molecule has 0 aliphatic carbocycles. The summed E-state index contributed by atoms with van der Waals surface area (Å²) < 4.78 is 11.9. The first-order valence-electron chi connectivity index (χ1n) is 12.0. The van der Waals surface area contributed by atoms with Crippen molar-refractivity contribution in [1.29, 1.82) is 0 Å². The number of ether oxygens (including phenoxy) is 2. The van der Waals surface area contributed by atoms with Crippen molar-refractivity contribution >= 4 is 34.7 Å². The normalized spacial score (nSPS) is 20.6. The molecule has 2 atom stereocenters. The summed E-state index contributed by atoms with van der Waals surface area (Å²) >= 11 is 0. The third kappa shape index (κ3) is 4.26. The number of nitrogens with one attached hydrogen (secondary N) is 1. The number of aryl methyl sites for hydroxylation is 2. The van der Waals surface area contributed by atoms with Gasteiger partial charge in [-0.3, -0.25) is 0 Å². The maximum Gasteiger partial charge on any atom is 0.211 e. The molecule has 5 nitrogen and oxygen atoms in total. The number of aliphatic imine (C=N–C) groups is 2. The maximum absolute atomic E-state index is 5.95. The highest BCUT2D eigenvalue weighted by Crippen LogP contribution is 2.24. The molecule has 4 aromatic rings. The first-order valence-corrected chi connectivity index (χ1v) is 12.0. The highest BCUT2D eigenvalue weighted by Gasteiger charge is 2.21. The molecule has 0 bridgehead atoms. The van der Waals surface area contributed by atoms with Gasteiger partial charge in [0.25, 0.3) is 0 Å². The van der Waals surface area contributed by atoms with E-state index >= 15 is 0 Å². The minimum atomic E-state index is 0.0230. The fraction of sp³-hybridized carbons (Fsp3) is 0.200. The van der Waals surface area contributed by atoms with Gasteiger partial charge in [-0.25, -0.2) is 9.98 Å². The summed E-state index contributed by atoms with van der Waals surface area (Å²) in [6.45, 7) is 5.38. The molecular weight excluding hydrogens is 434 g/mol. The molecule has 3 aromatic carbocycles. The molecule has 6 rings (SSSR count). The van der Waals surface area contributed by atoms with E-state index in [0.717, 1.165) is 32.6 Å². The molecule has 0 saturated carbocycles. The molecule has 174 valence electrons. The number of fused-ring (bicyclic) bond motifs is 1. The minimum Gasteiger partial charge on any atom is -0.475 e. The number of benzene rings is 3. The lowest BCUT2D eigenvalue weighted by atomic mass is 10.0. The van der Waals surface area contributed by atoms with E-state index in [2.05, 4.69) is 55.2 Å². The summed E-state index contributed by atoms with van der Waals surface area (Å²) in [5.41, 5.74) is 4.81. The quantitative estimate of drug-likeness (QED) is 0.480. The monoisotopic (exact) mass is 461 g/mol. The lowest BCUT2D eigenvalue weighted by molar-refractivity contribution is 0.323. The lowest BCUT2D eigenvalue weighted by Gasteiger charge is -2.03. The van der Waals surface area contributed by atoms with Gasteiger partial charge in [0.1, 0.15) is 25.3 Å². The minimum absolute atomic E-state index is 0.0230. The highest BCUT2D eigenvalue weighted by molar-refractivity contribution is 6.09. The van der Waals surface area contributed by atoms with E-state index in [-0.39, 0.29) is 12.1 Å². The van der Waals surface area contributed by atoms with Crippen LogP contribution in [0, 0.1) is 13.8 Å². The van der Waals surface area contributed by atoms with Crippen molar-refractivity contribution in [3.8, 4) is 0 Å². The number of aromatic nitrogens is 1. The zero-order chi connectivity index (χ0) is 23.8. The molecule has 0 unspecified atom stereocenters. The molecule has 1 N–H and O–H groups in total. The van der Waals surface area contributed by atoms with Crippen LogP contribution in [0.5, 0.6) is 0 Å². The van der Waals surface area contributed by atoms with E-state index < -0.39 is 0 Å². The molecule has 1 aromatic heterocycles. The lowest BCUT2D eigenvalue weighted by Crippen LogP contribution is -2.14. The number of rotatable bonds is 4. The first-order chi connectivity index (χ1) is 17.1. The zero-order valence-electron chi connectivity index (χ0n) is 19.9. The smallest absolute Gasteiger partial charge is 0.211 e. The Labute approximate surface area is 204 Å². The summed E-state index contributed by atoms with van der Waals surface area (Å²) in [4.78, 5) is 13.2. The van der Waals surface area contributed by atoms with E-state index in [1.165, 1.54) is 11.1 Å². The van der Waals surface area contributed by atoms with Crippen LogP contribution in [0.25, 0.3) is 22.9 Å². The fourth-order valence-corrected chi connectivity index (χ4v) is 4.65. The largest absolute Gasteiger partial charge is 0.475 e. The highest BCUT2D eigenvalue weighted by atomic mass is 16.5. The van der Waals surface area contributed by atoms with Crippen LogP contribution in [0.15, 0.2) is 82.8 Å². The van der Waals surface area contributed by atoms with Gasteiger partial charge in [0.05, 0.1) is 10.7 Å². The van der Waals surface area contributed by atoms with Gasteiger partial charge in [0, 0.05) is 22.9 Å². The Kier molecular flexibility index (Phi) is 5.45. The Morgan fingerprint density at radius 3 is 1.54 bits per heavy atom. The fourth-order valence-electron chi connectivity index (χ4n) is 4.65. The molecule has 2 aliphatic rings. The van der Waals surface area contributed by atoms with Crippen molar-refractivity contribution < 1.29 is 9.47 Å². The SMILES string of the molecule is Cc1cc2/c(=C/C3=N[C@@H](c4ccccc4)CO3)[nH]/c(=C/C3=N[C@@H](c4ccccc4)CO3)c2cc1C. The van der Waals surface area contributed by atoms with Crippen LogP contribution in [-0.2, 0) is 9.47 Å². The molecule has 0 radical (unpaired) electrons. The van der Waals surface area contributed by atoms with Gasteiger partial charge in [0.2, 0.25) is 11.8 Å². The van der Waals surface area contributed by atoms with E-state index in [0.29, 0.717) is 25.0 Å². The van der Waals surface area contributed by atoms with E-state index in [1.807, 2.05) is 48.6 Å². The Balaban J connectivity index is 1.41. The summed E-state index contributed by atoms with van der Waals surface area (Å²) in [5, 5.41) is 4.21. The van der Waals surface area contributed by atoms with Gasteiger partial charge < -0.3 is 14.5 Å². The van der Waals surface area contributed by atoms with Gasteiger partial charge in [0.15, 0.2) is 0 Å². The molecule has 0 spiro atoms. The van der Waals surface area contributed by atoms with Crippen molar-refractivity contribution in [2.75, 3.05) is 13.2 Å². The van der Waals surface area contributed by atoms with Gasteiger partial charge in [-0.05, 0) is 48.2 Å². The Hall–Kier alpha value is -4.12. The van der Waals surface area contributed by atoms with Gasteiger partial charge >= 0.3 is 0 Å². The van der Waals surface area contributed by atoms with E-state index in [1.54, 1.807) is 0 Å². The molecule has 5 heteroatoms. The molecule has 0 fully saturated rings. The molecule has 3 heterocycles. The van der Waals surface area contributed by atoms with Crippen molar-refractivity contribution in [2.45, 2.75) is 25.9 Å². The van der Waals surface area contributed by atoms with Crippen LogP contribution in [0.1, 0.15) is 34.3 Å². The van der Waals surface area contributed by atoms with Crippen molar-refractivity contribution in [2.24, 2.45) is 9.98 Å². The Morgan fingerprint density at radius 1 is 0.686 bits per heavy atom. The van der Waals surface area contributed by atoms with Gasteiger partial charge in [-0.1, -0.05) is 60.7 Å². The second-order valence-corrected chi connectivity index (χ2v) is 9.13. The third-order valence-corrected chi connectivity index (χ3v) is 6.73. The van der Waals surface area contributed by atoms with Crippen LogP contribution in [-0.4, -0.2) is 30.0 Å². The second kappa shape index (κ2) is 8.91. The molecule has 35 heavy (non-hydrogen) atoms. The predicted octanol–water partition coefficient (Wildman–Crippen LogP) is 4.69. The van der Waals surface area contributed by atoms with Crippen LogP contribution >= 0.6 is 0 Å².